The smallest absolute Gasteiger partial charge is 0.191 e. The highest BCUT2D eigenvalue weighted by molar-refractivity contribution is 14.0. The Morgan fingerprint density at radius 3 is 2.54 bits per heavy atom. The van der Waals surface area contributed by atoms with Crippen LogP contribution in [0.25, 0.3) is 5.82 Å². The molecule has 0 unspecified atom stereocenters. The first-order valence-electron chi connectivity index (χ1n) is 9.11. The molecule has 0 saturated carbocycles. The lowest BCUT2D eigenvalue weighted by atomic mass is 10.3. The zero-order valence-corrected chi connectivity index (χ0v) is 19.8. The largest absolute Gasteiger partial charge is 0.357 e. The predicted molar refractivity (Wildman–Crippen MR) is 127 cm³/mol. The predicted octanol–water partition coefficient (Wildman–Crippen LogP) is 4.13. The maximum Gasteiger partial charge on any atom is 0.191 e. The van der Waals surface area contributed by atoms with Crippen LogP contribution in [0.3, 0.4) is 0 Å². The molecule has 0 fully saturated rings. The van der Waals surface area contributed by atoms with Crippen molar-refractivity contribution in [2.75, 3.05) is 6.54 Å². The van der Waals surface area contributed by atoms with E-state index in [2.05, 4.69) is 57.8 Å². The van der Waals surface area contributed by atoms with Gasteiger partial charge in [-0.2, -0.15) is 5.10 Å². The Hall–Kier alpha value is -1.94. The van der Waals surface area contributed by atoms with Crippen molar-refractivity contribution in [1.29, 1.82) is 0 Å². The number of thiophene rings is 1. The van der Waals surface area contributed by atoms with Crippen LogP contribution >= 0.6 is 35.3 Å². The van der Waals surface area contributed by atoms with Gasteiger partial charge in [-0.1, -0.05) is 6.07 Å². The summed E-state index contributed by atoms with van der Waals surface area (Å²) in [6.45, 7) is 10.4. The fraction of sp³-hybridized carbons (Fsp3) is 0.350. The Morgan fingerprint density at radius 1 is 1.14 bits per heavy atom. The number of nitrogens with one attached hydrogen (secondary N) is 2. The van der Waals surface area contributed by atoms with Crippen molar-refractivity contribution in [3.05, 3.63) is 63.2 Å². The van der Waals surface area contributed by atoms with Gasteiger partial charge in [-0.3, -0.25) is 0 Å². The average molecular weight is 510 g/mol. The van der Waals surface area contributed by atoms with Gasteiger partial charge in [-0.05, 0) is 57.5 Å². The van der Waals surface area contributed by atoms with Crippen LogP contribution in [-0.4, -0.2) is 27.3 Å². The van der Waals surface area contributed by atoms with Crippen LogP contribution < -0.4 is 10.6 Å². The molecule has 3 aromatic rings. The molecule has 0 aliphatic heterocycles. The fourth-order valence-corrected chi connectivity index (χ4v) is 3.59. The van der Waals surface area contributed by atoms with E-state index in [9.17, 15) is 0 Å². The minimum atomic E-state index is 0. The molecule has 2 N–H and O–H groups in total. The number of halogens is 1. The van der Waals surface area contributed by atoms with Crippen LogP contribution in [0, 0.1) is 20.8 Å². The number of nitrogens with zero attached hydrogens (tertiary/aromatic N) is 4. The van der Waals surface area contributed by atoms with E-state index in [1.165, 1.54) is 9.75 Å². The SMILES string of the molecule is CCNC(=NCc1ccc(-n2nc(C)cc2C)nc1)NCc1ccc(C)s1.I. The number of hydrogen-bond donors (Lipinski definition) is 2. The van der Waals surface area contributed by atoms with Gasteiger partial charge in [-0.25, -0.2) is 14.7 Å². The van der Waals surface area contributed by atoms with E-state index in [0.717, 1.165) is 41.8 Å². The van der Waals surface area contributed by atoms with E-state index in [4.69, 9.17) is 0 Å². The topological polar surface area (TPSA) is 67.1 Å². The van der Waals surface area contributed by atoms with Gasteiger partial charge in [0, 0.05) is 28.2 Å². The average Bonchev–Trinajstić information content (AvgIpc) is 3.22. The highest BCUT2D eigenvalue weighted by Gasteiger charge is 2.05. The van der Waals surface area contributed by atoms with E-state index in [-0.39, 0.29) is 24.0 Å². The van der Waals surface area contributed by atoms with Gasteiger partial charge in [0.2, 0.25) is 0 Å². The number of aryl methyl sites for hydroxylation is 3. The molecule has 0 aliphatic carbocycles. The minimum Gasteiger partial charge on any atom is -0.357 e. The third kappa shape index (κ3) is 6.03. The lowest BCUT2D eigenvalue weighted by Crippen LogP contribution is -2.36. The number of aromatic nitrogens is 3. The molecule has 0 aromatic carbocycles. The van der Waals surface area contributed by atoms with Crippen molar-refractivity contribution in [3.63, 3.8) is 0 Å². The molecule has 0 spiro atoms. The van der Waals surface area contributed by atoms with Crippen molar-refractivity contribution in [1.82, 2.24) is 25.4 Å². The van der Waals surface area contributed by atoms with E-state index in [1.807, 2.05) is 36.9 Å². The Labute approximate surface area is 187 Å². The van der Waals surface area contributed by atoms with Crippen molar-refractivity contribution in [2.24, 2.45) is 4.99 Å². The van der Waals surface area contributed by atoms with Crippen LogP contribution in [-0.2, 0) is 13.1 Å². The third-order valence-corrected chi connectivity index (χ3v) is 5.03. The van der Waals surface area contributed by atoms with Crippen molar-refractivity contribution in [3.8, 4) is 5.82 Å². The molecule has 0 aliphatic rings. The van der Waals surface area contributed by atoms with Crippen molar-refractivity contribution in [2.45, 2.75) is 40.8 Å². The molecule has 0 bridgehead atoms. The quantitative estimate of drug-likeness (QED) is 0.298. The zero-order chi connectivity index (χ0) is 19.2. The molecule has 0 amide bonds. The van der Waals surface area contributed by atoms with Gasteiger partial charge in [0.05, 0.1) is 18.8 Å². The lowest BCUT2D eigenvalue weighted by molar-refractivity contribution is 0.800. The second-order valence-electron chi connectivity index (χ2n) is 6.42. The van der Waals surface area contributed by atoms with Crippen LogP contribution in [0.2, 0.25) is 0 Å². The summed E-state index contributed by atoms with van der Waals surface area (Å²) in [5.41, 5.74) is 3.13. The van der Waals surface area contributed by atoms with Gasteiger partial charge in [0.15, 0.2) is 11.8 Å². The molecular formula is C20H27IN6S. The Kier molecular flexibility index (Phi) is 8.43. The molecule has 150 valence electrons. The maximum absolute atomic E-state index is 4.67. The summed E-state index contributed by atoms with van der Waals surface area (Å²) in [5, 5.41) is 11.1. The standard InChI is InChI=1S/C20H26N6S.HI/c1-5-21-20(24-13-18-8-6-16(4)27-18)23-12-17-7-9-19(22-11-17)26-15(3)10-14(2)25-26;/h6-11H,5,12-13H2,1-4H3,(H2,21,23,24);1H. The molecule has 0 saturated heterocycles. The van der Waals surface area contributed by atoms with Crippen molar-refractivity contribution < 1.29 is 0 Å². The maximum atomic E-state index is 4.67. The van der Waals surface area contributed by atoms with E-state index >= 15 is 0 Å². The number of hydrogen-bond acceptors (Lipinski definition) is 4. The summed E-state index contributed by atoms with van der Waals surface area (Å²) >= 11 is 1.80. The summed E-state index contributed by atoms with van der Waals surface area (Å²) < 4.78 is 1.86. The Balaban J connectivity index is 0.00000280. The summed E-state index contributed by atoms with van der Waals surface area (Å²) in [5.74, 6) is 1.64. The Bertz CT molecular complexity index is 913. The molecule has 3 aromatic heterocycles. The van der Waals surface area contributed by atoms with Crippen LogP contribution in [0.4, 0.5) is 0 Å². The molecule has 6 nitrogen and oxygen atoms in total. The number of pyridine rings is 1. The summed E-state index contributed by atoms with van der Waals surface area (Å²) in [7, 11) is 0. The molecule has 0 radical (unpaired) electrons. The number of guanidine groups is 1. The second kappa shape index (κ2) is 10.6. The van der Waals surface area contributed by atoms with Gasteiger partial charge in [-0.15, -0.1) is 35.3 Å². The molecule has 3 heterocycles. The Morgan fingerprint density at radius 2 is 1.96 bits per heavy atom. The summed E-state index contributed by atoms with van der Waals surface area (Å²) in [6, 6.07) is 10.4. The molecule has 8 heteroatoms. The third-order valence-electron chi connectivity index (χ3n) is 4.03. The highest BCUT2D eigenvalue weighted by atomic mass is 127. The van der Waals surface area contributed by atoms with Crippen molar-refractivity contribution >= 4 is 41.3 Å². The normalized spacial score (nSPS) is 11.2. The van der Waals surface area contributed by atoms with Crippen LogP contribution in [0.15, 0.2) is 41.5 Å². The number of aliphatic imine (C=N–C) groups is 1. The molecule has 0 atom stereocenters. The molecular weight excluding hydrogens is 483 g/mol. The fourth-order valence-electron chi connectivity index (χ4n) is 2.76. The first kappa shape index (κ1) is 22.4. The van der Waals surface area contributed by atoms with E-state index in [1.54, 1.807) is 11.3 Å². The number of rotatable bonds is 6. The second-order valence-corrected chi connectivity index (χ2v) is 7.80. The summed E-state index contributed by atoms with van der Waals surface area (Å²) in [4.78, 5) is 11.8. The highest BCUT2D eigenvalue weighted by Crippen LogP contribution is 2.14. The summed E-state index contributed by atoms with van der Waals surface area (Å²) in [6.07, 6.45) is 1.86. The van der Waals surface area contributed by atoms with Gasteiger partial charge in [0.1, 0.15) is 0 Å². The monoisotopic (exact) mass is 510 g/mol. The molecule has 28 heavy (non-hydrogen) atoms. The lowest BCUT2D eigenvalue weighted by Gasteiger charge is -2.10. The first-order valence-corrected chi connectivity index (χ1v) is 9.93. The van der Waals surface area contributed by atoms with E-state index in [0.29, 0.717) is 6.54 Å². The van der Waals surface area contributed by atoms with Gasteiger partial charge >= 0.3 is 0 Å². The van der Waals surface area contributed by atoms with E-state index < -0.39 is 0 Å². The van der Waals surface area contributed by atoms with Gasteiger partial charge in [0.25, 0.3) is 0 Å². The van der Waals surface area contributed by atoms with Crippen LogP contribution in [0.5, 0.6) is 0 Å². The van der Waals surface area contributed by atoms with Gasteiger partial charge < -0.3 is 10.6 Å². The zero-order valence-electron chi connectivity index (χ0n) is 16.7. The first-order chi connectivity index (χ1) is 13.0. The molecule has 3 rings (SSSR count). The van der Waals surface area contributed by atoms with Crippen LogP contribution in [0.1, 0.15) is 33.6 Å². The minimum absolute atomic E-state index is 0.